The minimum atomic E-state index is -0.241. The van der Waals surface area contributed by atoms with Crippen LogP contribution in [-0.4, -0.2) is 61.5 Å². The summed E-state index contributed by atoms with van der Waals surface area (Å²) in [7, 11) is 4.20. The van der Waals surface area contributed by atoms with E-state index in [9.17, 15) is 9.59 Å². The number of piperidine rings is 1. The van der Waals surface area contributed by atoms with Gasteiger partial charge in [-0.3, -0.25) is 4.79 Å². The molecule has 0 aromatic heterocycles. The predicted molar refractivity (Wildman–Crippen MR) is 90.9 cm³/mol. The van der Waals surface area contributed by atoms with Gasteiger partial charge in [-0.1, -0.05) is 19.3 Å². The summed E-state index contributed by atoms with van der Waals surface area (Å²) < 4.78 is 0. The van der Waals surface area contributed by atoms with Crippen LogP contribution in [0.1, 0.15) is 44.9 Å². The lowest BCUT2D eigenvalue weighted by atomic mass is 9.83. The molecule has 2 fully saturated rings. The topological polar surface area (TPSA) is 78.7 Å². The summed E-state index contributed by atoms with van der Waals surface area (Å²) in [5, 5.41) is 3.10. The second kappa shape index (κ2) is 8.52. The van der Waals surface area contributed by atoms with Gasteiger partial charge in [0.05, 0.1) is 0 Å². The fourth-order valence-corrected chi connectivity index (χ4v) is 3.96. The Morgan fingerprint density at radius 1 is 1.13 bits per heavy atom. The molecule has 3 amide bonds. The van der Waals surface area contributed by atoms with Crippen molar-refractivity contribution in [2.45, 2.75) is 51.0 Å². The van der Waals surface area contributed by atoms with Crippen molar-refractivity contribution in [3.63, 3.8) is 0 Å². The van der Waals surface area contributed by atoms with E-state index >= 15 is 0 Å². The molecule has 1 heterocycles. The summed E-state index contributed by atoms with van der Waals surface area (Å²) in [5.74, 6) is 0.366. The van der Waals surface area contributed by atoms with Gasteiger partial charge in [-0.15, -0.1) is 0 Å². The van der Waals surface area contributed by atoms with Crippen LogP contribution in [0.4, 0.5) is 4.79 Å². The van der Waals surface area contributed by atoms with Gasteiger partial charge in [0, 0.05) is 31.6 Å². The van der Waals surface area contributed by atoms with Crippen LogP contribution in [0.25, 0.3) is 0 Å². The van der Waals surface area contributed by atoms with E-state index in [2.05, 4.69) is 24.3 Å². The number of primary amides is 1. The number of rotatable bonds is 5. The average Bonchev–Trinajstić information content (AvgIpc) is 2.55. The molecule has 6 heteroatoms. The maximum atomic E-state index is 12.4. The summed E-state index contributed by atoms with van der Waals surface area (Å²) in [4.78, 5) is 27.6. The lowest BCUT2D eigenvalue weighted by Crippen LogP contribution is -2.51. The van der Waals surface area contributed by atoms with Crippen molar-refractivity contribution < 1.29 is 9.59 Å². The molecule has 0 aromatic carbocycles. The van der Waals surface area contributed by atoms with Crippen molar-refractivity contribution in [3.05, 3.63) is 0 Å². The van der Waals surface area contributed by atoms with Crippen LogP contribution in [-0.2, 0) is 4.79 Å². The molecule has 23 heavy (non-hydrogen) atoms. The lowest BCUT2D eigenvalue weighted by Gasteiger charge is -2.36. The molecule has 0 spiro atoms. The molecule has 0 unspecified atom stereocenters. The molecule has 132 valence electrons. The first-order valence-corrected chi connectivity index (χ1v) is 8.97. The maximum absolute atomic E-state index is 12.4. The highest BCUT2D eigenvalue weighted by molar-refractivity contribution is 5.78. The molecule has 1 saturated carbocycles. The summed E-state index contributed by atoms with van der Waals surface area (Å²) in [6, 6.07) is 0.401. The molecule has 2 rings (SSSR count). The van der Waals surface area contributed by atoms with E-state index in [0.29, 0.717) is 44.4 Å². The number of likely N-dealkylation sites (N-methyl/N-ethyl adjacent to an activating group) is 1. The quantitative estimate of drug-likeness (QED) is 0.802. The van der Waals surface area contributed by atoms with Crippen LogP contribution < -0.4 is 11.1 Å². The van der Waals surface area contributed by atoms with Gasteiger partial charge in [0.2, 0.25) is 5.91 Å². The fraction of sp³-hybridized carbons (Fsp3) is 0.882. The molecule has 3 N–H and O–H groups in total. The third kappa shape index (κ3) is 5.09. The van der Waals surface area contributed by atoms with Gasteiger partial charge in [0.15, 0.2) is 0 Å². The summed E-state index contributed by atoms with van der Waals surface area (Å²) in [6.45, 7) is 1.94. The predicted octanol–water partition coefficient (Wildman–Crippen LogP) is 1.40. The lowest BCUT2D eigenvalue weighted by molar-refractivity contribution is -0.123. The Balaban J connectivity index is 1.79. The average molecular weight is 324 g/mol. The number of hydrogen-bond donors (Lipinski definition) is 2. The minimum Gasteiger partial charge on any atom is -0.369 e. The molecule has 1 aliphatic heterocycles. The number of carbonyl (C=O) groups excluding carboxylic acids is 2. The molecular weight excluding hydrogens is 292 g/mol. The zero-order chi connectivity index (χ0) is 16.8. The van der Waals surface area contributed by atoms with Crippen LogP contribution in [0.15, 0.2) is 0 Å². The van der Waals surface area contributed by atoms with Crippen molar-refractivity contribution in [2.24, 2.45) is 17.6 Å². The molecule has 1 saturated heterocycles. The van der Waals surface area contributed by atoms with Gasteiger partial charge in [0.25, 0.3) is 0 Å². The van der Waals surface area contributed by atoms with Crippen LogP contribution in [0.3, 0.4) is 0 Å². The van der Waals surface area contributed by atoms with Crippen molar-refractivity contribution in [1.82, 2.24) is 15.1 Å². The summed E-state index contributed by atoms with van der Waals surface area (Å²) in [6.07, 6.45) is 7.86. The molecule has 0 radical (unpaired) electrons. The van der Waals surface area contributed by atoms with Gasteiger partial charge < -0.3 is 20.9 Å². The van der Waals surface area contributed by atoms with Gasteiger partial charge in [-0.2, -0.15) is 0 Å². The molecule has 0 aromatic rings. The smallest absolute Gasteiger partial charge is 0.317 e. The molecular formula is C17H32N4O2. The molecule has 1 aliphatic carbocycles. The SMILES string of the molecule is CN(C)[C@H](CNC(=O)N1CCC(C(N)=O)CC1)C1CCCCC1. The first-order valence-electron chi connectivity index (χ1n) is 8.97. The van der Waals surface area contributed by atoms with Gasteiger partial charge in [-0.25, -0.2) is 4.79 Å². The van der Waals surface area contributed by atoms with Crippen LogP contribution in [0.2, 0.25) is 0 Å². The highest BCUT2D eigenvalue weighted by Crippen LogP contribution is 2.28. The number of nitrogens with two attached hydrogens (primary N) is 1. The van der Waals surface area contributed by atoms with Crippen molar-refractivity contribution in [3.8, 4) is 0 Å². The van der Waals surface area contributed by atoms with Crippen LogP contribution >= 0.6 is 0 Å². The molecule has 1 atom stereocenters. The number of nitrogens with one attached hydrogen (secondary N) is 1. The number of carbonyl (C=O) groups is 2. The Labute approximate surface area is 139 Å². The van der Waals surface area contributed by atoms with Gasteiger partial charge in [-0.05, 0) is 45.7 Å². The van der Waals surface area contributed by atoms with E-state index in [-0.39, 0.29) is 17.9 Å². The Bertz CT molecular complexity index is 399. The Morgan fingerprint density at radius 2 is 1.74 bits per heavy atom. The van der Waals surface area contributed by atoms with Crippen LogP contribution in [0.5, 0.6) is 0 Å². The normalized spacial score (nSPS) is 22.1. The number of nitrogens with zero attached hydrogens (tertiary/aromatic N) is 2. The first-order chi connectivity index (χ1) is 11.0. The molecule has 0 bridgehead atoms. The van der Waals surface area contributed by atoms with Gasteiger partial charge in [0.1, 0.15) is 0 Å². The van der Waals surface area contributed by atoms with E-state index in [1.54, 1.807) is 0 Å². The second-order valence-electron chi connectivity index (χ2n) is 7.28. The Kier molecular flexibility index (Phi) is 6.69. The Morgan fingerprint density at radius 3 is 2.26 bits per heavy atom. The number of urea groups is 1. The zero-order valence-electron chi connectivity index (χ0n) is 14.6. The Hall–Kier alpha value is -1.30. The second-order valence-corrected chi connectivity index (χ2v) is 7.28. The molecule has 2 aliphatic rings. The fourth-order valence-electron chi connectivity index (χ4n) is 3.96. The number of hydrogen-bond acceptors (Lipinski definition) is 3. The largest absolute Gasteiger partial charge is 0.369 e. The van der Waals surface area contributed by atoms with Crippen molar-refractivity contribution >= 4 is 11.9 Å². The van der Waals surface area contributed by atoms with Gasteiger partial charge >= 0.3 is 6.03 Å². The monoisotopic (exact) mass is 324 g/mol. The van der Waals surface area contributed by atoms with E-state index in [1.165, 1.54) is 32.1 Å². The highest BCUT2D eigenvalue weighted by Gasteiger charge is 2.28. The standard InChI is InChI=1S/C17H32N4O2/c1-20(2)15(13-6-4-3-5-7-13)12-19-17(23)21-10-8-14(9-11-21)16(18)22/h13-15H,3-12H2,1-2H3,(H2,18,22)(H,19,23)/t15-/m1/s1. The van der Waals surface area contributed by atoms with Crippen LogP contribution in [0, 0.1) is 11.8 Å². The van der Waals surface area contributed by atoms with E-state index < -0.39 is 0 Å². The number of amides is 3. The first kappa shape index (κ1) is 18.0. The maximum Gasteiger partial charge on any atom is 0.317 e. The third-order valence-electron chi connectivity index (χ3n) is 5.50. The number of likely N-dealkylation sites (tertiary alicyclic amines) is 1. The van der Waals surface area contributed by atoms with Crippen molar-refractivity contribution in [1.29, 1.82) is 0 Å². The minimum absolute atomic E-state index is 0.00409. The van der Waals surface area contributed by atoms with E-state index in [1.807, 2.05) is 4.90 Å². The molecule has 6 nitrogen and oxygen atoms in total. The highest BCUT2D eigenvalue weighted by atomic mass is 16.2. The summed E-state index contributed by atoms with van der Waals surface area (Å²) in [5.41, 5.74) is 5.34. The van der Waals surface area contributed by atoms with E-state index in [4.69, 9.17) is 5.73 Å². The van der Waals surface area contributed by atoms with E-state index in [0.717, 1.165) is 0 Å². The summed E-state index contributed by atoms with van der Waals surface area (Å²) >= 11 is 0. The third-order valence-corrected chi connectivity index (χ3v) is 5.50. The van der Waals surface area contributed by atoms with Crippen molar-refractivity contribution in [2.75, 3.05) is 33.7 Å². The zero-order valence-corrected chi connectivity index (χ0v) is 14.6.